The van der Waals surface area contributed by atoms with Gasteiger partial charge in [0.15, 0.2) is 0 Å². The molecule has 0 radical (unpaired) electrons. The second-order valence-corrected chi connectivity index (χ2v) is 4.90. The molecule has 1 saturated carbocycles. The molecule has 0 amide bonds. The standard InChI is InChI=1S/C13H21N3O2/c1-4-11(8-10-6-7-10)16-9(3)14-15-12(16)13(17)18-5-2/h10-11H,4-8H2,1-3H3. The largest absolute Gasteiger partial charge is 0.460 e. The summed E-state index contributed by atoms with van der Waals surface area (Å²) in [6.07, 6.45) is 4.72. The molecule has 5 nitrogen and oxygen atoms in total. The second-order valence-electron chi connectivity index (χ2n) is 4.90. The molecule has 1 fully saturated rings. The van der Waals surface area contributed by atoms with Gasteiger partial charge in [-0.1, -0.05) is 19.8 Å². The van der Waals surface area contributed by atoms with Crippen molar-refractivity contribution in [3.05, 3.63) is 11.6 Å². The average molecular weight is 251 g/mol. The smallest absolute Gasteiger partial charge is 0.376 e. The third kappa shape index (κ3) is 2.71. The Morgan fingerprint density at radius 3 is 2.72 bits per heavy atom. The Labute approximate surface area is 108 Å². The van der Waals surface area contributed by atoms with E-state index in [1.54, 1.807) is 6.92 Å². The second kappa shape index (κ2) is 5.50. The van der Waals surface area contributed by atoms with Gasteiger partial charge in [0.2, 0.25) is 5.82 Å². The number of rotatable bonds is 6. The maximum absolute atomic E-state index is 11.9. The lowest BCUT2D eigenvalue weighted by molar-refractivity contribution is 0.0502. The van der Waals surface area contributed by atoms with Crippen molar-refractivity contribution in [2.45, 2.75) is 52.5 Å². The summed E-state index contributed by atoms with van der Waals surface area (Å²) in [6.45, 7) is 6.20. The normalized spacial score (nSPS) is 16.6. The molecule has 1 aliphatic carbocycles. The zero-order valence-electron chi connectivity index (χ0n) is 11.3. The SMILES string of the molecule is CCOC(=O)c1nnc(C)n1C(CC)CC1CC1. The molecule has 18 heavy (non-hydrogen) atoms. The number of aryl methyl sites for hydroxylation is 1. The van der Waals surface area contributed by atoms with Gasteiger partial charge in [0.05, 0.1) is 6.61 Å². The first-order valence-electron chi connectivity index (χ1n) is 6.76. The minimum atomic E-state index is -0.368. The average Bonchev–Trinajstić information content (AvgIpc) is 3.09. The number of aromatic nitrogens is 3. The number of carbonyl (C=O) groups is 1. The molecule has 1 atom stereocenters. The van der Waals surface area contributed by atoms with Gasteiger partial charge in [0.1, 0.15) is 5.82 Å². The molecule has 0 saturated heterocycles. The van der Waals surface area contributed by atoms with E-state index in [0.717, 1.165) is 24.6 Å². The van der Waals surface area contributed by atoms with Crippen LogP contribution < -0.4 is 0 Å². The van der Waals surface area contributed by atoms with E-state index in [9.17, 15) is 4.79 Å². The first-order chi connectivity index (χ1) is 8.67. The molecule has 5 heteroatoms. The van der Waals surface area contributed by atoms with Crippen LogP contribution in [-0.2, 0) is 4.74 Å². The highest BCUT2D eigenvalue weighted by molar-refractivity contribution is 5.85. The van der Waals surface area contributed by atoms with E-state index in [1.807, 2.05) is 11.5 Å². The van der Waals surface area contributed by atoms with E-state index in [0.29, 0.717) is 18.5 Å². The number of hydrogen-bond acceptors (Lipinski definition) is 4. The van der Waals surface area contributed by atoms with Crippen molar-refractivity contribution in [2.24, 2.45) is 5.92 Å². The highest BCUT2D eigenvalue weighted by Crippen LogP contribution is 2.38. The van der Waals surface area contributed by atoms with Crippen molar-refractivity contribution in [3.63, 3.8) is 0 Å². The summed E-state index contributed by atoms with van der Waals surface area (Å²) < 4.78 is 6.99. The summed E-state index contributed by atoms with van der Waals surface area (Å²) >= 11 is 0. The number of hydrogen-bond donors (Lipinski definition) is 0. The van der Waals surface area contributed by atoms with Gasteiger partial charge >= 0.3 is 5.97 Å². The van der Waals surface area contributed by atoms with E-state index in [2.05, 4.69) is 17.1 Å². The number of esters is 1. The molecule has 1 aliphatic rings. The van der Waals surface area contributed by atoms with Crippen LogP contribution in [-0.4, -0.2) is 27.3 Å². The van der Waals surface area contributed by atoms with E-state index in [-0.39, 0.29) is 5.97 Å². The molecule has 2 rings (SSSR count). The first-order valence-corrected chi connectivity index (χ1v) is 6.76. The maximum atomic E-state index is 11.9. The minimum Gasteiger partial charge on any atom is -0.460 e. The lowest BCUT2D eigenvalue weighted by atomic mass is 10.1. The van der Waals surface area contributed by atoms with Gasteiger partial charge in [0, 0.05) is 6.04 Å². The molecule has 1 unspecified atom stereocenters. The summed E-state index contributed by atoms with van der Waals surface area (Å²) in [5, 5.41) is 8.00. The van der Waals surface area contributed by atoms with Crippen molar-refractivity contribution in [2.75, 3.05) is 6.61 Å². The Kier molecular flexibility index (Phi) is 3.99. The van der Waals surface area contributed by atoms with Crippen LogP contribution >= 0.6 is 0 Å². The lowest BCUT2D eigenvalue weighted by Gasteiger charge is -2.19. The summed E-state index contributed by atoms with van der Waals surface area (Å²) in [6, 6.07) is 0.312. The lowest BCUT2D eigenvalue weighted by Crippen LogP contribution is -2.19. The number of nitrogens with zero attached hydrogens (tertiary/aromatic N) is 3. The fourth-order valence-corrected chi connectivity index (χ4v) is 2.33. The Hall–Kier alpha value is -1.39. The van der Waals surface area contributed by atoms with Gasteiger partial charge in [-0.15, -0.1) is 10.2 Å². The highest BCUT2D eigenvalue weighted by Gasteiger charge is 2.29. The van der Waals surface area contributed by atoms with Crippen LogP contribution in [0, 0.1) is 12.8 Å². The molecule has 0 aromatic carbocycles. The van der Waals surface area contributed by atoms with Crippen molar-refractivity contribution in [3.8, 4) is 0 Å². The van der Waals surface area contributed by atoms with Crippen molar-refractivity contribution >= 4 is 5.97 Å². The van der Waals surface area contributed by atoms with Crippen LogP contribution in [0.5, 0.6) is 0 Å². The third-order valence-corrected chi connectivity index (χ3v) is 3.46. The monoisotopic (exact) mass is 251 g/mol. The van der Waals surface area contributed by atoms with Gasteiger partial charge in [-0.25, -0.2) is 4.79 Å². The van der Waals surface area contributed by atoms with Crippen LogP contribution in [0.4, 0.5) is 0 Å². The van der Waals surface area contributed by atoms with Crippen LogP contribution in [0.15, 0.2) is 0 Å². The fraction of sp³-hybridized carbons (Fsp3) is 0.769. The fourth-order valence-electron chi connectivity index (χ4n) is 2.33. The summed E-state index contributed by atoms with van der Waals surface area (Å²) in [5.74, 6) is 1.59. The van der Waals surface area contributed by atoms with Crippen LogP contribution in [0.25, 0.3) is 0 Å². The molecule has 0 aliphatic heterocycles. The summed E-state index contributed by atoms with van der Waals surface area (Å²) in [5.41, 5.74) is 0. The topological polar surface area (TPSA) is 57.0 Å². The molecular formula is C13H21N3O2. The van der Waals surface area contributed by atoms with Gasteiger partial charge in [-0.2, -0.15) is 0 Å². The Morgan fingerprint density at radius 1 is 1.44 bits per heavy atom. The molecule has 1 aromatic rings. The number of carbonyl (C=O) groups excluding carboxylic acids is 1. The van der Waals surface area contributed by atoms with Gasteiger partial charge in [-0.3, -0.25) is 0 Å². The van der Waals surface area contributed by atoms with Crippen LogP contribution in [0.2, 0.25) is 0 Å². The van der Waals surface area contributed by atoms with Crippen LogP contribution in [0.1, 0.15) is 62.0 Å². The molecular weight excluding hydrogens is 230 g/mol. The highest BCUT2D eigenvalue weighted by atomic mass is 16.5. The minimum absolute atomic E-state index is 0.312. The van der Waals surface area contributed by atoms with Gasteiger partial charge in [-0.05, 0) is 32.6 Å². The van der Waals surface area contributed by atoms with Gasteiger partial charge < -0.3 is 9.30 Å². The first kappa shape index (κ1) is 13.1. The van der Waals surface area contributed by atoms with E-state index < -0.39 is 0 Å². The molecule has 1 aromatic heterocycles. The quantitative estimate of drug-likeness (QED) is 0.729. The van der Waals surface area contributed by atoms with E-state index in [4.69, 9.17) is 4.74 Å². The summed E-state index contributed by atoms with van der Waals surface area (Å²) in [4.78, 5) is 11.9. The van der Waals surface area contributed by atoms with Gasteiger partial charge in [0.25, 0.3) is 0 Å². The molecule has 1 heterocycles. The predicted octanol–water partition coefficient (Wildman–Crippen LogP) is 2.51. The Morgan fingerprint density at radius 2 is 2.17 bits per heavy atom. The maximum Gasteiger partial charge on any atom is 0.376 e. The summed E-state index contributed by atoms with van der Waals surface area (Å²) in [7, 11) is 0. The van der Waals surface area contributed by atoms with Crippen LogP contribution in [0.3, 0.4) is 0 Å². The van der Waals surface area contributed by atoms with Crippen molar-refractivity contribution in [1.82, 2.24) is 14.8 Å². The molecule has 0 spiro atoms. The molecule has 100 valence electrons. The zero-order chi connectivity index (χ0) is 13.1. The zero-order valence-corrected chi connectivity index (χ0v) is 11.3. The molecule has 0 bridgehead atoms. The van der Waals surface area contributed by atoms with E-state index in [1.165, 1.54) is 12.8 Å². The van der Waals surface area contributed by atoms with E-state index >= 15 is 0 Å². The predicted molar refractivity (Wildman–Crippen MR) is 67.4 cm³/mol. The van der Waals surface area contributed by atoms with Crippen molar-refractivity contribution in [1.29, 1.82) is 0 Å². The van der Waals surface area contributed by atoms with Crippen molar-refractivity contribution < 1.29 is 9.53 Å². The Bertz CT molecular complexity index is 424. The number of ether oxygens (including phenoxy) is 1. The Balaban J connectivity index is 2.22. The molecule has 0 N–H and O–H groups in total. The third-order valence-electron chi connectivity index (χ3n) is 3.46.